The fourth-order valence-electron chi connectivity index (χ4n) is 5.47. The highest BCUT2D eigenvalue weighted by Gasteiger charge is 2.41. The summed E-state index contributed by atoms with van der Waals surface area (Å²) in [4.78, 5) is 0. The second-order valence-corrected chi connectivity index (χ2v) is 23.5. The molecule has 36 heavy (non-hydrogen) atoms. The van der Waals surface area contributed by atoms with Gasteiger partial charge in [-0.05, 0) is 105 Å². The summed E-state index contributed by atoms with van der Waals surface area (Å²) in [6, 6.07) is 14.9. The van der Waals surface area contributed by atoms with Crippen molar-refractivity contribution in [3.63, 3.8) is 0 Å². The average molecular weight is 545 g/mol. The summed E-state index contributed by atoms with van der Waals surface area (Å²) in [5.41, 5.74) is 5.16. The first-order valence-electron chi connectivity index (χ1n) is 14.0. The van der Waals surface area contributed by atoms with Crippen molar-refractivity contribution in [1.82, 2.24) is 0 Å². The molecular formula is C33H55P3. The van der Waals surface area contributed by atoms with E-state index < -0.39 is 22.4 Å². The Morgan fingerprint density at radius 2 is 0.806 bits per heavy atom. The minimum absolute atomic E-state index is 0.523. The average Bonchev–Trinajstić information content (AvgIpc) is 2.80. The van der Waals surface area contributed by atoms with Crippen LogP contribution in [-0.4, -0.2) is 29.3 Å². The molecule has 3 heteroatoms. The molecule has 0 aliphatic heterocycles. The predicted molar refractivity (Wildman–Crippen MR) is 178 cm³/mol. The van der Waals surface area contributed by atoms with Crippen LogP contribution < -0.4 is 21.2 Å². The summed E-state index contributed by atoms with van der Waals surface area (Å²) in [7, 11) is -3.74. The zero-order valence-electron chi connectivity index (χ0n) is 25.7. The molecule has 0 heterocycles. The summed E-state index contributed by atoms with van der Waals surface area (Å²) in [5.74, 6) is 1.05. The van der Waals surface area contributed by atoms with Crippen LogP contribution in [-0.2, 0) is 0 Å². The second kappa shape index (κ2) is 12.3. The third-order valence-corrected chi connectivity index (χ3v) is 21.1. The van der Waals surface area contributed by atoms with Crippen LogP contribution in [0.2, 0.25) is 0 Å². The van der Waals surface area contributed by atoms with E-state index in [0.717, 1.165) is 0 Å². The fourth-order valence-corrected chi connectivity index (χ4v) is 15.5. The summed E-state index contributed by atoms with van der Waals surface area (Å²) in [5, 5.41) is 6.26. The Morgan fingerprint density at radius 3 is 1.03 bits per heavy atom. The zero-order chi connectivity index (χ0) is 27.7. The molecule has 202 valence electrons. The molecule has 0 amide bonds. The van der Waals surface area contributed by atoms with Crippen molar-refractivity contribution in [2.24, 2.45) is 0 Å². The lowest BCUT2D eigenvalue weighted by atomic mass is 10.0. The van der Waals surface area contributed by atoms with Gasteiger partial charge in [0, 0.05) is 33.2 Å². The maximum absolute atomic E-state index is 5.06. The van der Waals surface area contributed by atoms with Gasteiger partial charge in [0.25, 0.3) is 0 Å². The van der Waals surface area contributed by atoms with Crippen LogP contribution >= 0.6 is 22.4 Å². The SMILES string of the molecule is [CH2-][P+](c1cc(C(C)C)ccc1P(C)c1ccc(C(C)C)cc1[P+]([CH2-])(C(C)C)C(C)C)(C(C)C)C(C)C. The molecule has 2 rings (SSSR count). The molecule has 0 N–H and O–H groups in total. The molecule has 0 bridgehead atoms. The highest BCUT2D eigenvalue weighted by Crippen LogP contribution is 2.66. The Morgan fingerprint density at radius 1 is 0.528 bits per heavy atom. The number of rotatable bonds is 10. The molecule has 0 unspecified atom stereocenters. The van der Waals surface area contributed by atoms with Gasteiger partial charge in [-0.1, -0.05) is 66.5 Å². The van der Waals surface area contributed by atoms with Gasteiger partial charge in [-0.3, -0.25) is 0 Å². The van der Waals surface area contributed by atoms with E-state index in [1.54, 1.807) is 21.2 Å². The minimum atomic E-state index is -1.60. The molecule has 0 nitrogen and oxygen atoms in total. The Kier molecular flexibility index (Phi) is 10.9. The fraction of sp³-hybridized carbons (Fsp3) is 0.576. The molecule has 0 aromatic heterocycles. The summed E-state index contributed by atoms with van der Waals surface area (Å²) >= 11 is 0. The first-order chi connectivity index (χ1) is 16.5. The summed E-state index contributed by atoms with van der Waals surface area (Å²) < 4.78 is 0. The maximum atomic E-state index is 5.06. The smallest absolute Gasteiger partial charge is 0.0733 e. The molecular weight excluding hydrogens is 489 g/mol. The first-order valence-corrected chi connectivity index (χ1v) is 20.0. The normalized spacial score (nSPS) is 13.5. The van der Waals surface area contributed by atoms with Crippen LogP contribution in [0.25, 0.3) is 0 Å². The molecule has 0 radical (unpaired) electrons. The van der Waals surface area contributed by atoms with Crippen molar-refractivity contribution < 1.29 is 0 Å². The van der Waals surface area contributed by atoms with Crippen molar-refractivity contribution >= 4 is 43.7 Å². The van der Waals surface area contributed by atoms with E-state index in [2.05, 4.69) is 126 Å². The van der Waals surface area contributed by atoms with Crippen LogP contribution in [0.3, 0.4) is 0 Å². The summed E-state index contributed by atoms with van der Waals surface area (Å²) in [6.07, 6.45) is 0. The van der Waals surface area contributed by atoms with E-state index in [1.165, 1.54) is 11.1 Å². The standard InChI is InChI=1S/C33H55P3/c1-22(2)28-16-18-30(32(20-28)35(14,24(5)6)25(7)8)34(13)31-19-17-29(23(3)4)21-33(31)36(15,26(9)10)27(11)12/h16-27H,14-15H2,1-13H3. The zero-order valence-corrected chi connectivity index (χ0v) is 28.4. The van der Waals surface area contributed by atoms with Crippen LogP contribution in [0, 0.1) is 13.3 Å². The molecule has 2 aromatic rings. The van der Waals surface area contributed by atoms with Gasteiger partial charge in [-0.25, -0.2) is 0 Å². The lowest BCUT2D eigenvalue weighted by Gasteiger charge is -2.42. The number of hydrogen-bond donors (Lipinski definition) is 0. The largest absolute Gasteiger partial charge is 0.174 e. The van der Waals surface area contributed by atoms with Crippen LogP contribution in [0.5, 0.6) is 0 Å². The van der Waals surface area contributed by atoms with Gasteiger partial charge in [0.15, 0.2) is 0 Å². The Bertz CT molecular complexity index is 916. The summed E-state index contributed by atoms with van der Waals surface area (Å²) in [6.45, 7) is 41.1. The third kappa shape index (κ3) is 5.98. The Labute approximate surface area is 228 Å². The molecule has 0 saturated carbocycles. The number of benzene rings is 2. The monoisotopic (exact) mass is 544 g/mol. The van der Waals surface area contributed by atoms with E-state index in [0.29, 0.717) is 34.5 Å². The van der Waals surface area contributed by atoms with Crippen molar-refractivity contribution in [2.45, 2.75) is 118 Å². The van der Waals surface area contributed by atoms with Gasteiger partial charge >= 0.3 is 0 Å². The van der Waals surface area contributed by atoms with Gasteiger partial charge in [-0.2, -0.15) is 13.3 Å². The van der Waals surface area contributed by atoms with Gasteiger partial charge < -0.3 is 0 Å². The highest BCUT2D eigenvalue weighted by molar-refractivity contribution is 7.89. The maximum Gasteiger partial charge on any atom is 0.0733 e. The predicted octanol–water partition coefficient (Wildman–Crippen LogP) is 9.50. The van der Waals surface area contributed by atoms with Crippen LogP contribution in [0.1, 0.15) is 106 Å². The van der Waals surface area contributed by atoms with Gasteiger partial charge in [0.05, 0.1) is 10.6 Å². The quantitative estimate of drug-likeness (QED) is 0.206. The molecule has 0 atom stereocenters. The van der Waals surface area contributed by atoms with Crippen molar-refractivity contribution in [3.05, 3.63) is 60.9 Å². The Hall–Kier alpha value is -0.270. The molecule has 2 aromatic carbocycles. The molecule has 0 aliphatic carbocycles. The van der Waals surface area contributed by atoms with Gasteiger partial charge in [0.1, 0.15) is 0 Å². The molecule has 0 spiro atoms. The molecule has 0 fully saturated rings. The van der Waals surface area contributed by atoms with Gasteiger partial charge in [0.2, 0.25) is 0 Å². The Balaban J connectivity index is 2.93. The van der Waals surface area contributed by atoms with Crippen molar-refractivity contribution in [2.75, 3.05) is 6.66 Å². The number of hydrogen-bond acceptors (Lipinski definition) is 0. The lowest BCUT2D eigenvalue weighted by Crippen LogP contribution is -2.39. The third-order valence-electron chi connectivity index (χ3n) is 8.64. The van der Waals surface area contributed by atoms with Crippen molar-refractivity contribution in [1.29, 1.82) is 0 Å². The van der Waals surface area contributed by atoms with Crippen molar-refractivity contribution in [3.8, 4) is 0 Å². The van der Waals surface area contributed by atoms with Crippen LogP contribution in [0.15, 0.2) is 36.4 Å². The first kappa shape index (κ1) is 31.9. The topological polar surface area (TPSA) is 0 Å². The lowest BCUT2D eigenvalue weighted by molar-refractivity contribution is 0.868. The van der Waals surface area contributed by atoms with E-state index >= 15 is 0 Å². The van der Waals surface area contributed by atoms with E-state index in [9.17, 15) is 0 Å². The van der Waals surface area contributed by atoms with E-state index in [4.69, 9.17) is 13.3 Å². The van der Waals surface area contributed by atoms with Crippen LogP contribution in [0.4, 0.5) is 0 Å². The van der Waals surface area contributed by atoms with E-state index in [-0.39, 0.29) is 0 Å². The molecule has 0 saturated heterocycles. The van der Waals surface area contributed by atoms with E-state index in [1.807, 2.05) is 0 Å². The minimum Gasteiger partial charge on any atom is -0.174 e. The highest BCUT2D eigenvalue weighted by atomic mass is 31.2. The second-order valence-electron chi connectivity index (χ2n) is 12.6. The molecule has 0 aliphatic rings. The van der Waals surface area contributed by atoms with Gasteiger partial charge in [-0.15, -0.1) is 0 Å².